The smallest absolute Gasteiger partial charge is 0.0534 e. The molecule has 2 saturated heterocycles. The van der Waals surface area contributed by atoms with Gasteiger partial charge in [-0.05, 0) is 58.2 Å². The van der Waals surface area contributed by atoms with Gasteiger partial charge in [0.05, 0.1) is 6.20 Å². The van der Waals surface area contributed by atoms with Gasteiger partial charge in [-0.3, -0.25) is 9.58 Å². The summed E-state index contributed by atoms with van der Waals surface area (Å²) in [6.45, 7) is 10.4. The van der Waals surface area contributed by atoms with Gasteiger partial charge < -0.3 is 5.32 Å². The number of piperidine rings is 1. The molecule has 5 heteroatoms. The molecule has 20 heavy (non-hydrogen) atoms. The van der Waals surface area contributed by atoms with Crippen molar-refractivity contribution < 1.29 is 0 Å². The predicted octanol–water partition coefficient (Wildman–Crippen LogP) is 2.46. The van der Waals surface area contributed by atoms with E-state index < -0.39 is 0 Å². The van der Waals surface area contributed by atoms with Crippen molar-refractivity contribution >= 4 is 12.4 Å². The zero-order chi connectivity index (χ0) is 13.3. The molecule has 0 amide bonds. The fraction of sp³-hybridized carbons (Fsp3) is 0.800. The van der Waals surface area contributed by atoms with E-state index in [4.69, 9.17) is 0 Å². The molecule has 0 aromatic carbocycles. The Balaban J connectivity index is 0.00000147. The van der Waals surface area contributed by atoms with Crippen molar-refractivity contribution in [2.45, 2.75) is 45.7 Å². The predicted molar refractivity (Wildman–Crippen MR) is 84.3 cm³/mol. The van der Waals surface area contributed by atoms with Crippen LogP contribution in [-0.2, 0) is 6.54 Å². The lowest BCUT2D eigenvalue weighted by Gasteiger charge is -2.33. The second kappa shape index (κ2) is 6.46. The normalized spacial score (nSPS) is 22.4. The van der Waals surface area contributed by atoms with Crippen LogP contribution in [-0.4, -0.2) is 40.9 Å². The van der Waals surface area contributed by atoms with Crippen LogP contribution in [0.1, 0.15) is 44.7 Å². The Bertz CT molecular complexity index is 423. The van der Waals surface area contributed by atoms with Crippen molar-refractivity contribution in [3.05, 3.63) is 18.0 Å². The Labute approximate surface area is 128 Å². The van der Waals surface area contributed by atoms with E-state index in [0.29, 0.717) is 11.5 Å². The van der Waals surface area contributed by atoms with E-state index in [1.807, 2.05) is 6.20 Å². The molecule has 1 aromatic heterocycles. The van der Waals surface area contributed by atoms with Crippen LogP contribution in [0, 0.1) is 5.41 Å². The molecule has 0 atom stereocenters. The summed E-state index contributed by atoms with van der Waals surface area (Å²) >= 11 is 0. The number of likely N-dealkylation sites (tertiary alicyclic amines) is 1. The molecule has 3 heterocycles. The van der Waals surface area contributed by atoms with Gasteiger partial charge in [-0.15, -0.1) is 12.4 Å². The third kappa shape index (κ3) is 3.35. The molecule has 1 aromatic rings. The van der Waals surface area contributed by atoms with Crippen LogP contribution >= 0.6 is 12.4 Å². The van der Waals surface area contributed by atoms with Crippen molar-refractivity contribution in [2.24, 2.45) is 5.41 Å². The molecule has 114 valence electrons. The Morgan fingerprint density at radius 2 is 2.05 bits per heavy atom. The molecule has 0 bridgehead atoms. The van der Waals surface area contributed by atoms with Gasteiger partial charge in [0.1, 0.15) is 0 Å². The first kappa shape index (κ1) is 15.8. The summed E-state index contributed by atoms with van der Waals surface area (Å²) < 4.78 is 2.06. The number of nitrogens with one attached hydrogen (secondary N) is 1. The highest BCUT2D eigenvalue weighted by Gasteiger charge is 2.38. The Morgan fingerprint density at radius 1 is 1.30 bits per heavy atom. The highest BCUT2D eigenvalue weighted by atomic mass is 35.5. The average molecular weight is 299 g/mol. The maximum absolute atomic E-state index is 4.44. The molecule has 1 spiro atoms. The quantitative estimate of drug-likeness (QED) is 0.930. The summed E-state index contributed by atoms with van der Waals surface area (Å²) in [5, 5.41) is 7.93. The van der Waals surface area contributed by atoms with Crippen LogP contribution in [0.25, 0.3) is 0 Å². The lowest BCUT2D eigenvalue weighted by molar-refractivity contribution is 0.194. The van der Waals surface area contributed by atoms with E-state index in [9.17, 15) is 0 Å². The number of hydrogen-bond donors (Lipinski definition) is 1. The lowest BCUT2D eigenvalue weighted by Crippen LogP contribution is -2.38. The molecule has 1 N–H and O–H groups in total. The summed E-state index contributed by atoms with van der Waals surface area (Å²) in [6, 6.07) is 0.461. The van der Waals surface area contributed by atoms with Gasteiger partial charge >= 0.3 is 0 Å². The van der Waals surface area contributed by atoms with E-state index >= 15 is 0 Å². The summed E-state index contributed by atoms with van der Waals surface area (Å²) in [4.78, 5) is 2.62. The Kier molecular flexibility index (Phi) is 5.10. The van der Waals surface area contributed by atoms with Crippen LogP contribution in [0.2, 0.25) is 0 Å². The third-order valence-electron chi connectivity index (χ3n) is 4.77. The SMILES string of the molecule is CC(C)n1cc(CN2CCC3(CCNCC3)C2)cn1.Cl. The Morgan fingerprint density at radius 3 is 2.70 bits per heavy atom. The first-order chi connectivity index (χ1) is 9.17. The molecule has 3 rings (SSSR count). The largest absolute Gasteiger partial charge is 0.317 e. The van der Waals surface area contributed by atoms with Gasteiger partial charge in [0.25, 0.3) is 0 Å². The lowest BCUT2D eigenvalue weighted by atomic mass is 9.78. The number of halogens is 1. The summed E-state index contributed by atoms with van der Waals surface area (Å²) in [6.07, 6.45) is 8.34. The van der Waals surface area contributed by atoms with E-state index in [1.165, 1.54) is 51.0 Å². The van der Waals surface area contributed by atoms with Crippen molar-refractivity contribution in [3.63, 3.8) is 0 Å². The standard InChI is InChI=1S/C15H26N4.ClH/c1-13(2)19-11-14(9-17-19)10-18-8-5-15(12-18)3-6-16-7-4-15;/h9,11,13,16H,3-8,10,12H2,1-2H3;1H. The third-order valence-corrected chi connectivity index (χ3v) is 4.77. The molecule has 0 aliphatic carbocycles. The van der Waals surface area contributed by atoms with Crippen molar-refractivity contribution in [1.82, 2.24) is 20.0 Å². The zero-order valence-electron chi connectivity index (χ0n) is 12.6. The fourth-order valence-electron chi connectivity index (χ4n) is 3.53. The van der Waals surface area contributed by atoms with Crippen LogP contribution in [0.3, 0.4) is 0 Å². The number of rotatable bonds is 3. The average Bonchev–Trinajstić information content (AvgIpc) is 2.99. The summed E-state index contributed by atoms with van der Waals surface area (Å²) in [5.41, 5.74) is 1.97. The maximum Gasteiger partial charge on any atom is 0.0534 e. The topological polar surface area (TPSA) is 33.1 Å². The van der Waals surface area contributed by atoms with Gasteiger partial charge in [0, 0.05) is 30.9 Å². The van der Waals surface area contributed by atoms with Crippen molar-refractivity contribution in [2.75, 3.05) is 26.2 Å². The van der Waals surface area contributed by atoms with Crippen LogP contribution < -0.4 is 5.32 Å². The van der Waals surface area contributed by atoms with Gasteiger partial charge in [0.2, 0.25) is 0 Å². The van der Waals surface area contributed by atoms with Crippen LogP contribution in [0.5, 0.6) is 0 Å². The van der Waals surface area contributed by atoms with Crippen molar-refractivity contribution in [3.8, 4) is 0 Å². The van der Waals surface area contributed by atoms with E-state index in [-0.39, 0.29) is 12.4 Å². The number of nitrogens with zero attached hydrogens (tertiary/aromatic N) is 3. The molecular formula is C15H27ClN4. The minimum Gasteiger partial charge on any atom is -0.317 e. The molecule has 0 radical (unpaired) electrons. The first-order valence-corrected chi connectivity index (χ1v) is 7.63. The Hall–Kier alpha value is -0.580. The molecule has 4 nitrogen and oxygen atoms in total. The first-order valence-electron chi connectivity index (χ1n) is 7.63. The molecule has 0 unspecified atom stereocenters. The van der Waals surface area contributed by atoms with Gasteiger partial charge in [-0.25, -0.2) is 0 Å². The summed E-state index contributed by atoms with van der Waals surface area (Å²) in [7, 11) is 0. The van der Waals surface area contributed by atoms with Crippen LogP contribution in [0.4, 0.5) is 0 Å². The van der Waals surface area contributed by atoms with Crippen molar-refractivity contribution in [1.29, 1.82) is 0 Å². The van der Waals surface area contributed by atoms with E-state index in [0.717, 1.165) is 6.54 Å². The minimum atomic E-state index is 0. The van der Waals surface area contributed by atoms with Gasteiger partial charge in [-0.2, -0.15) is 5.10 Å². The minimum absolute atomic E-state index is 0. The monoisotopic (exact) mass is 298 g/mol. The molecule has 0 saturated carbocycles. The fourth-order valence-corrected chi connectivity index (χ4v) is 3.53. The second-order valence-corrected chi connectivity index (χ2v) is 6.63. The van der Waals surface area contributed by atoms with E-state index in [2.05, 4.69) is 40.0 Å². The number of aromatic nitrogens is 2. The maximum atomic E-state index is 4.44. The van der Waals surface area contributed by atoms with Gasteiger partial charge in [0.15, 0.2) is 0 Å². The second-order valence-electron chi connectivity index (χ2n) is 6.63. The number of hydrogen-bond acceptors (Lipinski definition) is 3. The highest BCUT2D eigenvalue weighted by Crippen LogP contribution is 2.38. The molecule has 2 fully saturated rings. The molecule has 2 aliphatic rings. The highest BCUT2D eigenvalue weighted by molar-refractivity contribution is 5.85. The van der Waals surface area contributed by atoms with Crippen LogP contribution in [0.15, 0.2) is 12.4 Å². The van der Waals surface area contributed by atoms with Gasteiger partial charge in [-0.1, -0.05) is 0 Å². The zero-order valence-corrected chi connectivity index (χ0v) is 13.5. The summed E-state index contributed by atoms with van der Waals surface area (Å²) in [5.74, 6) is 0. The van der Waals surface area contributed by atoms with E-state index in [1.54, 1.807) is 0 Å². The molecule has 2 aliphatic heterocycles. The molecular weight excluding hydrogens is 272 g/mol.